The molecule has 2 aliphatic rings. The minimum atomic E-state index is -0.833. The van der Waals surface area contributed by atoms with Gasteiger partial charge in [-0.05, 0) is 81.1 Å². The molecule has 0 saturated heterocycles. The number of nitrogens with zero attached hydrogens (tertiary/aromatic N) is 4. The van der Waals surface area contributed by atoms with Crippen LogP contribution in [-0.4, -0.2) is 141 Å². The third-order valence-corrected chi connectivity index (χ3v) is 8.64. The van der Waals surface area contributed by atoms with Crippen LogP contribution >= 0.6 is 0 Å². The Morgan fingerprint density at radius 3 is 0.643 bits per heavy atom. The Morgan fingerprint density at radius 2 is 0.543 bits per heavy atom. The van der Waals surface area contributed by atoms with Crippen LogP contribution in [0.2, 0.25) is 0 Å². The second-order valence-electron chi connectivity index (χ2n) is 15.1. The average molecular weight is 1080 g/mol. The first kappa shape index (κ1) is 81.8. The minimum Gasteiger partial charge on any atom is -0.512 e. The van der Waals surface area contributed by atoms with E-state index in [-0.39, 0.29) is 128 Å². The fourth-order valence-corrected chi connectivity index (χ4v) is 5.82. The molecule has 0 radical (unpaired) electrons. The first-order chi connectivity index (χ1) is 31.1. The molecule has 2 aliphatic carbocycles. The van der Waals surface area contributed by atoms with Gasteiger partial charge >= 0.3 is 0 Å². The molecule has 0 amide bonds. The molecule has 21 heteroatoms. The molecule has 2 fully saturated rings. The van der Waals surface area contributed by atoms with Crippen molar-refractivity contribution in [1.29, 1.82) is 0 Å². The molecule has 404 valence electrons. The molecule has 0 aromatic heterocycles. The van der Waals surface area contributed by atoms with Crippen molar-refractivity contribution < 1.29 is 108 Å². The van der Waals surface area contributed by atoms with Gasteiger partial charge in [-0.2, -0.15) is 0 Å². The van der Waals surface area contributed by atoms with Crippen LogP contribution in [0, 0.1) is 11.8 Å². The summed E-state index contributed by atoms with van der Waals surface area (Å²) in [5, 5.41) is 58.8. The summed E-state index contributed by atoms with van der Waals surface area (Å²) in [5.41, 5.74) is 0.628. The summed E-state index contributed by atoms with van der Waals surface area (Å²) < 4.78 is 0. The van der Waals surface area contributed by atoms with Gasteiger partial charge in [-0.15, -0.1) is 0 Å². The Balaban J connectivity index is -0.000000118. The van der Waals surface area contributed by atoms with Crippen molar-refractivity contribution in [3.8, 4) is 0 Å². The van der Waals surface area contributed by atoms with Gasteiger partial charge in [-0.1, -0.05) is 58.8 Å². The van der Waals surface area contributed by atoms with Crippen LogP contribution in [-0.2, 0) is 72.5 Å². The Hall–Kier alpha value is -5.20. The normalized spacial score (nSPS) is 15.7. The number of hydrogen-bond donors (Lipinski definition) is 7. The number of ketones is 6. The maximum Gasteiger partial charge on any atom is 0.300 e. The van der Waals surface area contributed by atoms with E-state index in [0.717, 1.165) is 32.8 Å². The first-order valence-electron chi connectivity index (χ1n) is 21.5. The van der Waals surface area contributed by atoms with E-state index in [0.29, 0.717) is 26.2 Å². The van der Waals surface area contributed by atoms with Crippen molar-refractivity contribution >= 4 is 71.5 Å². The molecule has 0 spiro atoms. The van der Waals surface area contributed by atoms with Gasteiger partial charge in [-0.3, -0.25) is 58.3 Å². The smallest absolute Gasteiger partial charge is 0.300 e. The zero-order valence-corrected chi connectivity index (χ0v) is 44.8. The Bertz CT molecular complexity index is 1590. The van der Waals surface area contributed by atoms with Gasteiger partial charge in [0.05, 0.1) is 54.9 Å². The van der Waals surface area contributed by atoms with Crippen LogP contribution in [0.3, 0.4) is 0 Å². The number of aliphatic hydroxyl groups excluding tert-OH is 5. The fourth-order valence-electron chi connectivity index (χ4n) is 5.82. The number of carboxylic acids is 2. The number of rotatable bonds is 16. The van der Waals surface area contributed by atoms with E-state index in [1.807, 2.05) is 0 Å². The Labute approximate surface area is 436 Å². The van der Waals surface area contributed by atoms with Gasteiger partial charge in [0.2, 0.25) is 0 Å². The van der Waals surface area contributed by atoms with Crippen molar-refractivity contribution in [2.24, 2.45) is 31.8 Å². The number of Topliss-reactive ketones (excluding diaryl/α,β-unsaturated/α-hetero) is 6. The summed E-state index contributed by atoms with van der Waals surface area (Å²) in [6.45, 7) is 17.2. The molecule has 7 N–H and O–H groups in total. The molecule has 0 atom stereocenters. The molecule has 0 bridgehead atoms. The van der Waals surface area contributed by atoms with E-state index in [2.05, 4.69) is 20.0 Å². The topological polar surface area (TPSA) is 328 Å². The summed E-state index contributed by atoms with van der Waals surface area (Å²) in [7, 11) is 1.00. The zero-order chi connectivity index (χ0) is 53.2. The number of fused-ring (bicyclic) bond motifs is 1. The van der Waals surface area contributed by atoms with Crippen LogP contribution in [0.4, 0.5) is 0 Å². The second-order valence-corrected chi connectivity index (χ2v) is 15.1. The second kappa shape index (κ2) is 51.6. The summed E-state index contributed by atoms with van der Waals surface area (Å²) in [6, 6.07) is 0. The molecule has 0 unspecified atom stereocenters. The summed E-state index contributed by atoms with van der Waals surface area (Å²) >= 11 is 0. The van der Waals surface area contributed by atoms with Gasteiger partial charge in [0.15, 0.2) is 23.1 Å². The van der Waals surface area contributed by atoms with Crippen LogP contribution in [0.25, 0.3) is 0 Å². The molecule has 19 nitrogen and oxygen atoms in total. The summed E-state index contributed by atoms with van der Waals surface area (Å²) in [5.74, 6) is -0.880. The number of aliphatic imine (C=N–C) groups is 4. The van der Waals surface area contributed by atoms with Gasteiger partial charge in [0.1, 0.15) is 34.6 Å². The first-order valence-corrected chi connectivity index (χ1v) is 21.5. The van der Waals surface area contributed by atoms with Crippen molar-refractivity contribution in [3.05, 3.63) is 45.3 Å². The zero-order valence-electron chi connectivity index (χ0n) is 42.5. The van der Waals surface area contributed by atoms with Crippen LogP contribution in [0.15, 0.2) is 65.3 Å². The van der Waals surface area contributed by atoms with E-state index >= 15 is 0 Å². The third kappa shape index (κ3) is 53.7. The van der Waals surface area contributed by atoms with Crippen molar-refractivity contribution in [2.75, 3.05) is 33.3 Å². The molecule has 0 heterocycles. The summed E-state index contributed by atoms with van der Waals surface area (Å²) in [4.78, 5) is 98.4. The SMILES string of the molecule is C.C1CCC2CCCCC2C1.CC(=O)/C(C=NCCN=C/C(C(C)=O)=C(/C)O)=C(\C)O.CC(=O)C(C=NCCN=CC(C(C)=O)=C(C)O)=C(C)O.CC(=O)CC(C)=O.CC(=O)O.CC(=O)O.CO.[Fe].[Fe]. The van der Waals surface area contributed by atoms with Crippen molar-refractivity contribution in [3.63, 3.8) is 0 Å². The van der Waals surface area contributed by atoms with Crippen molar-refractivity contribution in [1.82, 2.24) is 0 Å². The van der Waals surface area contributed by atoms with Crippen LogP contribution in [0.1, 0.15) is 148 Å². The fraction of sp³-hybridized carbons (Fsp3) is 0.592. The molecular weight excluding hydrogens is 996 g/mol. The van der Waals surface area contributed by atoms with E-state index in [4.69, 9.17) is 24.9 Å². The number of aliphatic carboxylic acids is 2. The molecule has 0 aliphatic heterocycles. The van der Waals surface area contributed by atoms with Crippen LogP contribution < -0.4 is 0 Å². The Kier molecular flexibility index (Phi) is 60.3. The van der Waals surface area contributed by atoms with E-state index in [1.54, 1.807) is 25.7 Å². The summed E-state index contributed by atoms with van der Waals surface area (Å²) in [6.07, 6.45) is 17.6. The van der Waals surface area contributed by atoms with E-state index in [9.17, 15) is 49.2 Å². The van der Waals surface area contributed by atoms with E-state index < -0.39 is 11.9 Å². The van der Waals surface area contributed by atoms with Gasteiger partial charge in [-0.25, -0.2) is 0 Å². The molecule has 2 saturated carbocycles. The van der Waals surface area contributed by atoms with E-state index in [1.165, 1.54) is 120 Å². The molecule has 70 heavy (non-hydrogen) atoms. The maximum absolute atomic E-state index is 11.1. The number of carbonyl (C=O) groups is 8. The number of carboxylic acid groups (broad SMARTS) is 2. The van der Waals surface area contributed by atoms with Crippen molar-refractivity contribution in [2.45, 2.75) is 148 Å². The number of allylic oxidation sites excluding steroid dienone is 8. The van der Waals surface area contributed by atoms with Gasteiger partial charge < -0.3 is 35.7 Å². The predicted octanol–water partition coefficient (Wildman–Crippen LogP) is 8.28. The third-order valence-electron chi connectivity index (χ3n) is 8.64. The number of carbonyl (C=O) groups excluding carboxylic acids is 6. The standard InChI is InChI=1S/2C14H20N2O4.C10H18.C5H8O2.2C2H4O2.CH4O.CH4.2Fe/c2*1-9(17)13(10(2)18)7-15-5-6-16-8-14(11(3)19)12(4)20;1-2-6-10-8-4-3-7-9(10)5-1;1-4(6)3-5(2)7;2*1-2(3)4;1-2;;;/h2*7-8,17,19H,5-6H2,1-4H3;9-10H,1-8H2;3H2,1-2H3;2*1H3,(H,3,4);2H,1H3;1H4;;/b13-9+,14-11+,15-7?,16-8?;;;;;;;;;. The maximum atomic E-state index is 11.1. The van der Waals surface area contributed by atoms with Crippen LogP contribution in [0.5, 0.6) is 0 Å². The molecule has 2 rings (SSSR count). The van der Waals surface area contributed by atoms with Gasteiger partial charge in [0, 0.05) is 80.0 Å². The predicted molar refractivity (Wildman–Crippen MR) is 269 cm³/mol. The molecule has 0 aromatic carbocycles. The minimum absolute atomic E-state index is 0. The largest absolute Gasteiger partial charge is 0.512 e. The monoisotopic (exact) mass is 1080 g/mol. The Morgan fingerprint density at radius 1 is 0.386 bits per heavy atom. The molecule has 0 aromatic rings. The average Bonchev–Trinajstić information content (AvgIpc) is 3.19. The quantitative estimate of drug-likeness (QED) is 0.0191. The molecular formula is C49H82Fe2N4O15. The number of hydrogen-bond acceptors (Lipinski definition) is 17. The van der Waals surface area contributed by atoms with Gasteiger partial charge in [0.25, 0.3) is 11.9 Å². The number of aliphatic hydroxyl groups is 5.